The Morgan fingerprint density at radius 1 is 1.05 bits per heavy atom. The molecule has 2 bridgehead atoms. The van der Waals surface area contributed by atoms with Crippen molar-refractivity contribution in [1.82, 2.24) is 4.98 Å². The first-order valence-electron chi connectivity index (χ1n) is 12.1. The van der Waals surface area contributed by atoms with Crippen LogP contribution in [0, 0.1) is 23.5 Å². The number of benzene rings is 2. The van der Waals surface area contributed by atoms with E-state index in [-0.39, 0.29) is 34.0 Å². The molecule has 2 aromatic carbocycles. The summed E-state index contributed by atoms with van der Waals surface area (Å²) in [7, 11) is -4.03. The van der Waals surface area contributed by atoms with Crippen LogP contribution >= 0.6 is 11.6 Å². The molecule has 7 nitrogen and oxygen atoms in total. The van der Waals surface area contributed by atoms with E-state index in [9.17, 15) is 32.2 Å². The third kappa shape index (κ3) is 4.59. The van der Waals surface area contributed by atoms with Crippen LogP contribution in [0.25, 0.3) is 0 Å². The molecule has 0 radical (unpaired) electrons. The summed E-state index contributed by atoms with van der Waals surface area (Å²) in [5.41, 5.74) is -1.20. The first-order valence-corrected chi connectivity index (χ1v) is 14.1. The molecule has 38 heavy (non-hydrogen) atoms. The molecule has 2 saturated carbocycles. The third-order valence-corrected chi connectivity index (χ3v) is 10.4. The maximum absolute atomic E-state index is 13.7. The molecule has 11 heteroatoms. The number of pyridine rings is 1. The number of sulfone groups is 1. The molecule has 1 aromatic heterocycles. The number of carbonyl (C=O) groups excluding carboxylic acids is 1. The quantitative estimate of drug-likeness (QED) is 0.401. The lowest BCUT2D eigenvalue weighted by molar-refractivity contribution is -0.145. The van der Waals surface area contributed by atoms with Crippen LogP contribution in [0.5, 0.6) is 0 Å². The zero-order chi connectivity index (χ0) is 27.2. The standard InChI is InChI=1S/C27H25ClF2N2O5S/c28-20-8-4-15(26(34)32-18-7-9-21(29)22(30)14-18)11-24(20)38(36,37)19-12-16-5-6-17(13-19)27(16,35)25(33)23-3-1-2-10-31-23/h1-4,7-11,14,16-17,19,25,33,35H,5-6,12-13H2,(H,32,34)/t16-,17?,19-,25+,27-/m0/s1. The second kappa shape index (κ2) is 10.00. The van der Waals surface area contributed by atoms with Crippen molar-refractivity contribution in [2.24, 2.45) is 11.8 Å². The zero-order valence-electron chi connectivity index (χ0n) is 20.0. The average Bonchev–Trinajstić information content (AvgIpc) is 3.06. The van der Waals surface area contributed by atoms with Gasteiger partial charge in [0.2, 0.25) is 0 Å². The van der Waals surface area contributed by atoms with Crippen LogP contribution < -0.4 is 5.32 Å². The number of aliphatic hydroxyl groups is 2. The number of aromatic nitrogens is 1. The summed E-state index contributed by atoms with van der Waals surface area (Å²) < 4.78 is 54.2. The van der Waals surface area contributed by atoms with Gasteiger partial charge in [0.25, 0.3) is 5.91 Å². The van der Waals surface area contributed by atoms with E-state index in [0.717, 1.165) is 12.1 Å². The maximum atomic E-state index is 13.7. The third-order valence-electron chi connectivity index (χ3n) is 7.79. The lowest BCUT2D eigenvalue weighted by Gasteiger charge is -2.45. The second-order valence-electron chi connectivity index (χ2n) is 9.88. The summed E-state index contributed by atoms with van der Waals surface area (Å²) in [6, 6.07) is 11.7. The number of anilines is 1. The average molecular weight is 563 g/mol. The van der Waals surface area contributed by atoms with E-state index in [1.54, 1.807) is 18.2 Å². The van der Waals surface area contributed by atoms with Crippen molar-refractivity contribution in [2.45, 2.75) is 47.5 Å². The lowest BCUT2D eigenvalue weighted by atomic mass is 9.70. The number of nitrogens with one attached hydrogen (secondary N) is 1. The van der Waals surface area contributed by atoms with Crippen molar-refractivity contribution in [2.75, 3.05) is 5.32 Å². The molecular weight excluding hydrogens is 538 g/mol. The molecule has 1 amide bonds. The fourth-order valence-corrected chi connectivity index (χ4v) is 8.24. The van der Waals surface area contributed by atoms with E-state index >= 15 is 0 Å². The van der Waals surface area contributed by atoms with Gasteiger partial charge in [-0.15, -0.1) is 0 Å². The SMILES string of the molecule is O=C(Nc1ccc(F)c(F)c1)c1ccc(Cl)c(S(=O)(=O)[C@@H]2CC3CC[C@@H](C2)[C@@]3(O)[C@H](O)c2ccccn2)c1. The molecule has 0 spiro atoms. The Balaban J connectivity index is 1.39. The van der Waals surface area contributed by atoms with Crippen molar-refractivity contribution in [3.63, 3.8) is 0 Å². The first kappa shape index (κ1) is 26.7. The van der Waals surface area contributed by atoms with Crippen LogP contribution in [0.1, 0.15) is 47.8 Å². The molecule has 5 atom stereocenters. The van der Waals surface area contributed by atoms with Gasteiger partial charge in [0, 0.05) is 23.5 Å². The molecule has 1 unspecified atom stereocenters. The maximum Gasteiger partial charge on any atom is 0.255 e. The summed E-state index contributed by atoms with van der Waals surface area (Å²) in [5, 5.41) is 24.1. The van der Waals surface area contributed by atoms with E-state index < -0.39 is 56.2 Å². The topological polar surface area (TPSA) is 117 Å². The molecule has 1 heterocycles. The highest BCUT2D eigenvalue weighted by Gasteiger charge is 2.59. The summed E-state index contributed by atoms with van der Waals surface area (Å²) in [6.07, 6.45) is 1.61. The highest BCUT2D eigenvalue weighted by molar-refractivity contribution is 7.92. The minimum atomic E-state index is -4.03. The number of nitrogens with zero attached hydrogens (tertiary/aromatic N) is 1. The van der Waals surface area contributed by atoms with Gasteiger partial charge in [-0.05, 0) is 80.0 Å². The Kier molecular flexibility index (Phi) is 7.02. The molecule has 3 aromatic rings. The Labute approximate surface area is 223 Å². The number of fused-ring (bicyclic) bond motifs is 2. The molecule has 3 N–H and O–H groups in total. The Morgan fingerprint density at radius 2 is 1.76 bits per heavy atom. The minimum absolute atomic E-state index is 0.00265. The number of hydrogen-bond donors (Lipinski definition) is 3. The summed E-state index contributed by atoms with van der Waals surface area (Å²) in [6.45, 7) is 0. The Bertz CT molecular complexity index is 1470. The van der Waals surface area contributed by atoms with Crippen molar-refractivity contribution < 1.29 is 32.2 Å². The Morgan fingerprint density at radius 3 is 2.39 bits per heavy atom. The summed E-state index contributed by atoms with van der Waals surface area (Å²) in [5.74, 6) is -3.87. The molecule has 2 aliphatic carbocycles. The highest BCUT2D eigenvalue weighted by atomic mass is 35.5. The zero-order valence-corrected chi connectivity index (χ0v) is 21.6. The van der Waals surface area contributed by atoms with E-state index in [4.69, 9.17) is 11.6 Å². The van der Waals surface area contributed by atoms with Crippen LogP contribution in [-0.2, 0) is 9.84 Å². The van der Waals surface area contributed by atoms with Gasteiger partial charge in [-0.3, -0.25) is 9.78 Å². The van der Waals surface area contributed by atoms with E-state index in [2.05, 4.69) is 10.3 Å². The smallest absolute Gasteiger partial charge is 0.255 e. The first-order chi connectivity index (χ1) is 18.0. The second-order valence-corrected chi connectivity index (χ2v) is 12.5. The van der Waals surface area contributed by atoms with E-state index in [1.807, 2.05) is 0 Å². The number of rotatable bonds is 6. The number of carbonyl (C=O) groups is 1. The van der Waals surface area contributed by atoms with Gasteiger partial charge in [0.15, 0.2) is 21.5 Å². The van der Waals surface area contributed by atoms with Crippen LogP contribution in [0.3, 0.4) is 0 Å². The van der Waals surface area contributed by atoms with Crippen molar-refractivity contribution >= 4 is 33.0 Å². The number of amides is 1. The largest absolute Gasteiger partial charge is 0.386 e. The van der Waals surface area contributed by atoms with Crippen molar-refractivity contribution in [3.8, 4) is 0 Å². The molecule has 2 aliphatic rings. The van der Waals surface area contributed by atoms with Gasteiger partial charge >= 0.3 is 0 Å². The fraction of sp³-hybridized carbons (Fsp3) is 0.333. The molecule has 2 fully saturated rings. The van der Waals surface area contributed by atoms with Crippen LogP contribution in [-0.4, -0.2) is 40.4 Å². The lowest BCUT2D eigenvalue weighted by Crippen LogP contribution is -2.52. The normalized spacial score (nSPS) is 25.7. The molecule has 0 aliphatic heterocycles. The summed E-state index contributed by atoms with van der Waals surface area (Å²) in [4.78, 5) is 16.7. The van der Waals surface area contributed by atoms with Gasteiger partial charge in [-0.25, -0.2) is 17.2 Å². The number of aliphatic hydroxyl groups excluding tert-OH is 1. The predicted molar refractivity (Wildman–Crippen MR) is 136 cm³/mol. The van der Waals surface area contributed by atoms with Gasteiger partial charge in [0.05, 0.1) is 20.9 Å². The minimum Gasteiger partial charge on any atom is -0.386 e. The predicted octanol–water partition coefficient (Wildman–Crippen LogP) is 4.69. The van der Waals surface area contributed by atoms with Gasteiger partial charge in [0.1, 0.15) is 11.7 Å². The molecule has 200 valence electrons. The highest BCUT2D eigenvalue weighted by Crippen LogP contribution is 2.56. The fourth-order valence-electron chi connectivity index (χ4n) is 5.84. The number of halogens is 3. The van der Waals surface area contributed by atoms with Crippen LogP contribution in [0.2, 0.25) is 5.02 Å². The molecule has 5 rings (SSSR count). The van der Waals surface area contributed by atoms with E-state index in [0.29, 0.717) is 18.5 Å². The summed E-state index contributed by atoms with van der Waals surface area (Å²) >= 11 is 6.28. The van der Waals surface area contributed by atoms with Gasteiger partial charge in [-0.2, -0.15) is 0 Å². The van der Waals surface area contributed by atoms with Crippen molar-refractivity contribution in [1.29, 1.82) is 0 Å². The van der Waals surface area contributed by atoms with Gasteiger partial charge < -0.3 is 15.5 Å². The monoisotopic (exact) mass is 562 g/mol. The van der Waals surface area contributed by atoms with Crippen molar-refractivity contribution in [3.05, 3.63) is 88.7 Å². The van der Waals surface area contributed by atoms with Crippen LogP contribution in [0.4, 0.5) is 14.5 Å². The molecule has 0 saturated heterocycles. The molecular formula is C27H25ClF2N2O5S. The number of hydrogen-bond acceptors (Lipinski definition) is 6. The van der Waals surface area contributed by atoms with Gasteiger partial charge in [-0.1, -0.05) is 17.7 Å². The van der Waals surface area contributed by atoms with E-state index in [1.165, 1.54) is 30.5 Å². The Hall–Kier alpha value is -2.92. The van der Waals surface area contributed by atoms with Crippen LogP contribution in [0.15, 0.2) is 65.7 Å².